The number of carbonyl (C=O) groups excluding carboxylic acids is 2. The second-order valence-corrected chi connectivity index (χ2v) is 5.72. The van der Waals surface area contributed by atoms with Gasteiger partial charge in [-0.15, -0.1) is 6.58 Å². The second-order valence-electron chi connectivity index (χ2n) is 5.72. The molecule has 0 aliphatic heterocycles. The van der Waals surface area contributed by atoms with E-state index in [0.717, 1.165) is 0 Å². The van der Waals surface area contributed by atoms with Crippen molar-refractivity contribution >= 4 is 17.8 Å². The quantitative estimate of drug-likeness (QED) is 0.333. The van der Waals surface area contributed by atoms with Gasteiger partial charge < -0.3 is 20.9 Å². The van der Waals surface area contributed by atoms with Crippen LogP contribution in [0.15, 0.2) is 17.6 Å². The largest absolute Gasteiger partial charge is 0.356 e. The third-order valence-electron chi connectivity index (χ3n) is 2.93. The fourth-order valence-corrected chi connectivity index (χ4v) is 1.42. The van der Waals surface area contributed by atoms with E-state index in [9.17, 15) is 9.59 Å². The van der Waals surface area contributed by atoms with Gasteiger partial charge in [-0.2, -0.15) is 0 Å². The molecule has 0 aromatic rings. The third kappa shape index (κ3) is 7.66. The number of amides is 2. The molecular formula is C15H29N5O2. The molecule has 7 heteroatoms. The third-order valence-corrected chi connectivity index (χ3v) is 2.93. The average Bonchev–Trinajstić information content (AvgIpc) is 2.46. The molecule has 0 bridgehead atoms. The van der Waals surface area contributed by atoms with Gasteiger partial charge in [0.25, 0.3) is 0 Å². The van der Waals surface area contributed by atoms with Crippen LogP contribution in [0.2, 0.25) is 0 Å². The van der Waals surface area contributed by atoms with E-state index in [4.69, 9.17) is 0 Å². The molecule has 0 heterocycles. The monoisotopic (exact) mass is 311 g/mol. The maximum atomic E-state index is 12.0. The van der Waals surface area contributed by atoms with Crippen molar-refractivity contribution in [3.05, 3.63) is 12.7 Å². The summed E-state index contributed by atoms with van der Waals surface area (Å²) in [5, 5.41) is 8.92. The highest BCUT2D eigenvalue weighted by Crippen LogP contribution is 2.13. The smallest absolute Gasteiger partial charge is 0.243 e. The van der Waals surface area contributed by atoms with Crippen molar-refractivity contribution in [3.8, 4) is 0 Å². The summed E-state index contributed by atoms with van der Waals surface area (Å²) < 4.78 is 0. The first-order valence-corrected chi connectivity index (χ1v) is 7.36. The van der Waals surface area contributed by atoms with Gasteiger partial charge in [0.1, 0.15) is 6.54 Å². The standard InChI is InChI=1S/C15H29N5O2/c1-7-9-17-14(18-10-12(21)20(5)6)19-11-15(3,4)13(22)16-8-2/h7H,1,8-11H2,2-6H3,(H,16,22)(H2,17,18,19). The highest BCUT2D eigenvalue weighted by atomic mass is 16.2. The summed E-state index contributed by atoms with van der Waals surface area (Å²) in [5.41, 5.74) is -0.585. The molecule has 126 valence electrons. The van der Waals surface area contributed by atoms with Crippen LogP contribution in [0.3, 0.4) is 0 Å². The first-order chi connectivity index (χ1) is 10.2. The van der Waals surface area contributed by atoms with Crippen LogP contribution in [0.5, 0.6) is 0 Å². The summed E-state index contributed by atoms with van der Waals surface area (Å²) >= 11 is 0. The number of carbonyl (C=O) groups is 2. The summed E-state index contributed by atoms with van der Waals surface area (Å²) in [5.74, 6) is 0.352. The summed E-state index contributed by atoms with van der Waals surface area (Å²) in [7, 11) is 3.36. The molecule has 22 heavy (non-hydrogen) atoms. The van der Waals surface area contributed by atoms with Crippen LogP contribution >= 0.6 is 0 Å². The van der Waals surface area contributed by atoms with Crippen molar-refractivity contribution in [3.63, 3.8) is 0 Å². The molecule has 0 atom stereocenters. The molecule has 0 fully saturated rings. The molecule has 0 aromatic carbocycles. The van der Waals surface area contributed by atoms with E-state index < -0.39 is 5.41 Å². The molecule has 0 spiro atoms. The Morgan fingerprint density at radius 3 is 2.36 bits per heavy atom. The number of rotatable bonds is 8. The minimum Gasteiger partial charge on any atom is -0.356 e. The lowest BCUT2D eigenvalue weighted by molar-refractivity contribution is -0.129. The highest BCUT2D eigenvalue weighted by Gasteiger charge is 2.27. The van der Waals surface area contributed by atoms with Crippen LogP contribution in [0.25, 0.3) is 0 Å². The summed E-state index contributed by atoms with van der Waals surface area (Å²) in [4.78, 5) is 29.2. The Morgan fingerprint density at radius 1 is 1.23 bits per heavy atom. The number of nitrogens with one attached hydrogen (secondary N) is 3. The predicted octanol–water partition coefficient (Wildman–Crippen LogP) is -0.0419. The minimum atomic E-state index is -0.585. The van der Waals surface area contributed by atoms with E-state index in [1.54, 1.807) is 20.2 Å². The van der Waals surface area contributed by atoms with E-state index in [1.807, 2.05) is 20.8 Å². The highest BCUT2D eigenvalue weighted by molar-refractivity contribution is 5.86. The Kier molecular flexibility index (Phi) is 8.89. The first kappa shape index (κ1) is 19.9. The van der Waals surface area contributed by atoms with Crippen molar-refractivity contribution in [2.45, 2.75) is 20.8 Å². The van der Waals surface area contributed by atoms with Gasteiger partial charge in [0, 0.05) is 33.7 Å². The Hall–Kier alpha value is -2.05. The zero-order valence-electron chi connectivity index (χ0n) is 14.3. The first-order valence-electron chi connectivity index (χ1n) is 7.36. The summed E-state index contributed by atoms with van der Waals surface area (Å²) in [6.45, 7) is 10.8. The molecular weight excluding hydrogens is 282 g/mol. The summed E-state index contributed by atoms with van der Waals surface area (Å²) in [6.07, 6.45) is 1.69. The Bertz CT molecular complexity index is 416. The van der Waals surface area contributed by atoms with E-state index >= 15 is 0 Å². The molecule has 0 aromatic heterocycles. The van der Waals surface area contributed by atoms with Crippen LogP contribution in [0.4, 0.5) is 0 Å². The van der Waals surface area contributed by atoms with Gasteiger partial charge in [-0.05, 0) is 20.8 Å². The number of hydrogen-bond donors (Lipinski definition) is 3. The zero-order valence-corrected chi connectivity index (χ0v) is 14.3. The maximum absolute atomic E-state index is 12.0. The van der Waals surface area contributed by atoms with Gasteiger partial charge in [-0.25, -0.2) is 4.99 Å². The summed E-state index contributed by atoms with van der Waals surface area (Å²) in [6, 6.07) is 0. The SMILES string of the molecule is C=CCNC(=NCC(=O)N(C)C)NCC(C)(C)C(=O)NCC. The molecule has 0 rings (SSSR count). The van der Waals surface area contributed by atoms with E-state index in [-0.39, 0.29) is 18.4 Å². The molecule has 3 N–H and O–H groups in total. The lowest BCUT2D eigenvalue weighted by atomic mass is 9.92. The molecule has 0 saturated carbocycles. The average molecular weight is 311 g/mol. The Labute approximate surface area is 133 Å². The van der Waals surface area contributed by atoms with Crippen LogP contribution < -0.4 is 16.0 Å². The molecule has 7 nitrogen and oxygen atoms in total. The number of nitrogens with zero attached hydrogens (tertiary/aromatic N) is 2. The maximum Gasteiger partial charge on any atom is 0.243 e. The van der Waals surface area contributed by atoms with Gasteiger partial charge in [-0.3, -0.25) is 9.59 Å². The minimum absolute atomic E-state index is 0.0325. The van der Waals surface area contributed by atoms with E-state index in [1.165, 1.54) is 4.90 Å². The van der Waals surface area contributed by atoms with Gasteiger partial charge in [0.05, 0.1) is 5.41 Å². The van der Waals surface area contributed by atoms with Crippen LogP contribution in [0, 0.1) is 5.41 Å². The van der Waals surface area contributed by atoms with E-state index in [2.05, 4.69) is 27.5 Å². The number of likely N-dealkylation sites (N-methyl/N-ethyl adjacent to an activating group) is 1. The molecule has 0 saturated heterocycles. The van der Waals surface area contributed by atoms with Crippen molar-refractivity contribution in [2.24, 2.45) is 10.4 Å². The van der Waals surface area contributed by atoms with Gasteiger partial charge >= 0.3 is 0 Å². The normalized spacial score (nSPS) is 11.6. The number of guanidine groups is 1. The van der Waals surface area contributed by atoms with Gasteiger partial charge in [-0.1, -0.05) is 6.08 Å². The fraction of sp³-hybridized carbons (Fsp3) is 0.667. The van der Waals surface area contributed by atoms with Crippen molar-refractivity contribution < 1.29 is 9.59 Å². The molecule has 0 unspecified atom stereocenters. The number of hydrogen-bond acceptors (Lipinski definition) is 3. The van der Waals surface area contributed by atoms with Gasteiger partial charge in [0.2, 0.25) is 11.8 Å². The van der Waals surface area contributed by atoms with Crippen molar-refractivity contribution in [1.29, 1.82) is 0 Å². The Balaban J connectivity index is 4.71. The zero-order chi connectivity index (χ0) is 17.2. The van der Waals surface area contributed by atoms with Crippen molar-refractivity contribution in [2.75, 3.05) is 40.3 Å². The molecule has 0 radical (unpaired) electrons. The van der Waals surface area contributed by atoms with Crippen LogP contribution in [0.1, 0.15) is 20.8 Å². The molecule has 0 aliphatic rings. The lowest BCUT2D eigenvalue weighted by Crippen LogP contribution is -2.48. The fourth-order valence-electron chi connectivity index (χ4n) is 1.42. The van der Waals surface area contributed by atoms with Crippen molar-refractivity contribution in [1.82, 2.24) is 20.9 Å². The van der Waals surface area contributed by atoms with Crippen LogP contribution in [-0.4, -0.2) is 62.9 Å². The van der Waals surface area contributed by atoms with E-state index in [0.29, 0.717) is 25.6 Å². The molecule has 0 aliphatic carbocycles. The molecule has 2 amide bonds. The topological polar surface area (TPSA) is 85.8 Å². The predicted molar refractivity (Wildman–Crippen MR) is 89.7 cm³/mol. The lowest BCUT2D eigenvalue weighted by Gasteiger charge is -2.24. The van der Waals surface area contributed by atoms with Crippen LogP contribution in [-0.2, 0) is 9.59 Å². The Morgan fingerprint density at radius 2 is 1.86 bits per heavy atom. The van der Waals surface area contributed by atoms with Gasteiger partial charge in [0.15, 0.2) is 5.96 Å². The number of aliphatic imine (C=N–C) groups is 1. The second kappa shape index (κ2) is 9.81.